The molecule has 0 saturated carbocycles. The van der Waals surface area contributed by atoms with Gasteiger partial charge in [-0.25, -0.2) is 0 Å². The molecule has 0 bridgehead atoms. The number of amides is 1. The lowest BCUT2D eigenvalue weighted by Gasteiger charge is -2.33. The lowest BCUT2D eigenvalue weighted by Crippen LogP contribution is -2.51. The van der Waals surface area contributed by atoms with Crippen molar-refractivity contribution in [3.8, 4) is 0 Å². The second-order valence-corrected chi connectivity index (χ2v) is 7.35. The van der Waals surface area contributed by atoms with Crippen LogP contribution in [0.3, 0.4) is 0 Å². The van der Waals surface area contributed by atoms with E-state index in [0.717, 1.165) is 10.0 Å². The fraction of sp³-hybridized carbons (Fsp3) is 0.533. The molecule has 1 atom stereocenters. The molecule has 0 radical (unpaired) electrons. The number of halogens is 2. The first-order chi connectivity index (χ1) is 8.54. The SMILES string of the molecule is CN(CC(C)(C)C)C(=O)C(C)(N)c1ccc(Br)cc1.Cl. The van der Waals surface area contributed by atoms with E-state index in [9.17, 15) is 4.79 Å². The molecule has 1 unspecified atom stereocenters. The van der Waals surface area contributed by atoms with Crippen LogP contribution in [0, 0.1) is 5.41 Å². The predicted octanol–water partition coefficient (Wildman–Crippen LogP) is 3.55. The van der Waals surface area contributed by atoms with Gasteiger partial charge in [-0.15, -0.1) is 12.4 Å². The fourth-order valence-corrected chi connectivity index (χ4v) is 2.36. The van der Waals surface area contributed by atoms with Crippen molar-refractivity contribution < 1.29 is 4.79 Å². The fourth-order valence-electron chi connectivity index (χ4n) is 2.10. The number of likely N-dealkylation sites (N-methyl/N-ethyl adjacent to an activating group) is 1. The summed E-state index contributed by atoms with van der Waals surface area (Å²) in [5, 5.41) is 0. The Hall–Kier alpha value is -0.580. The molecule has 0 aromatic heterocycles. The third-order valence-corrected chi connectivity index (χ3v) is 3.48. The second kappa shape index (κ2) is 6.92. The number of benzene rings is 1. The first kappa shape index (κ1) is 19.4. The van der Waals surface area contributed by atoms with Gasteiger partial charge in [-0.3, -0.25) is 4.79 Å². The van der Waals surface area contributed by atoms with Crippen LogP contribution >= 0.6 is 28.3 Å². The van der Waals surface area contributed by atoms with Crippen LogP contribution < -0.4 is 5.73 Å². The van der Waals surface area contributed by atoms with Gasteiger partial charge in [0.2, 0.25) is 5.91 Å². The summed E-state index contributed by atoms with van der Waals surface area (Å²) in [5.74, 6) is -0.0650. The maximum Gasteiger partial charge on any atom is 0.246 e. The van der Waals surface area contributed by atoms with Crippen LogP contribution in [-0.2, 0) is 10.3 Å². The van der Waals surface area contributed by atoms with Crippen LogP contribution in [0.5, 0.6) is 0 Å². The Morgan fingerprint density at radius 3 is 2.05 bits per heavy atom. The number of carbonyl (C=O) groups is 1. The molecule has 1 rings (SSSR count). The highest BCUT2D eigenvalue weighted by atomic mass is 79.9. The average Bonchev–Trinajstić information content (AvgIpc) is 2.26. The Morgan fingerprint density at radius 1 is 1.20 bits per heavy atom. The Morgan fingerprint density at radius 2 is 1.65 bits per heavy atom. The topological polar surface area (TPSA) is 46.3 Å². The summed E-state index contributed by atoms with van der Waals surface area (Å²) in [6.07, 6.45) is 0. The third kappa shape index (κ3) is 5.08. The molecule has 0 aliphatic heterocycles. The summed E-state index contributed by atoms with van der Waals surface area (Å²) in [7, 11) is 1.80. The molecule has 1 aromatic carbocycles. The zero-order chi connectivity index (χ0) is 14.8. The minimum absolute atomic E-state index is 0. The third-order valence-electron chi connectivity index (χ3n) is 2.95. The summed E-state index contributed by atoms with van der Waals surface area (Å²) in [5.41, 5.74) is 6.12. The quantitative estimate of drug-likeness (QED) is 0.892. The zero-order valence-corrected chi connectivity index (χ0v) is 15.1. The van der Waals surface area contributed by atoms with Gasteiger partial charge in [-0.05, 0) is 30.0 Å². The maximum atomic E-state index is 12.5. The van der Waals surface area contributed by atoms with Gasteiger partial charge >= 0.3 is 0 Å². The zero-order valence-electron chi connectivity index (χ0n) is 12.7. The first-order valence-corrected chi connectivity index (χ1v) is 7.14. The number of hydrogen-bond acceptors (Lipinski definition) is 2. The summed E-state index contributed by atoms with van der Waals surface area (Å²) >= 11 is 3.38. The van der Waals surface area contributed by atoms with E-state index in [2.05, 4.69) is 36.7 Å². The van der Waals surface area contributed by atoms with Crippen molar-refractivity contribution in [2.24, 2.45) is 11.1 Å². The molecule has 0 saturated heterocycles. The van der Waals surface area contributed by atoms with Crippen molar-refractivity contribution in [3.05, 3.63) is 34.3 Å². The number of nitrogens with two attached hydrogens (primary N) is 1. The van der Waals surface area contributed by atoms with E-state index in [0.29, 0.717) is 6.54 Å². The molecule has 0 aliphatic carbocycles. The normalized spacial score (nSPS) is 14.2. The molecule has 0 fully saturated rings. The minimum Gasteiger partial charge on any atom is -0.343 e. The molecule has 0 heterocycles. The number of hydrogen-bond donors (Lipinski definition) is 1. The van der Waals surface area contributed by atoms with Gasteiger partial charge in [-0.2, -0.15) is 0 Å². The Balaban J connectivity index is 0.00000361. The van der Waals surface area contributed by atoms with Crippen LogP contribution in [0.15, 0.2) is 28.7 Å². The number of rotatable bonds is 3. The lowest BCUT2D eigenvalue weighted by atomic mass is 9.90. The summed E-state index contributed by atoms with van der Waals surface area (Å²) in [6.45, 7) is 8.74. The van der Waals surface area contributed by atoms with E-state index < -0.39 is 5.54 Å². The lowest BCUT2D eigenvalue weighted by molar-refractivity contribution is -0.136. The first-order valence-electron chi connectivity index (χ1n) is 6.34. The van der Waals surface area contributed by atoms with E-state index in [1.165, 1.54) is 0 Å². The van der Waals surface area contributed by atoms with Gasteiger partial charge in [0.05, 0.1) is 0 Å². The molecule has 0 spiro atoms. The van der Waals surface area contributed by atoms with Gasteiger partial charge in [0.15, 0.2) is 0 Å². The van der Waals surface area contributed by atoms with Crippen molar-refractivity contribution >= 4 is 34.2 Å². The Bertz CT molecular complexity index is 452. The summed E-state index contributed by atoms with van der Waals surface area (Å²) in [4.78, 5) is 14.2. The van der Waals surface area contributed by atoms with Crippen LogP contribution in [0.25, 0.3) is 0 Å². The Kier molecular flexibility index (Phi) is 6.72. The van der Waals surface area contributed by atoms with Crippen LogP contribution in [0.4, 0.5) is 0 Å². The molecule has 20 heavy (non-hydrogen) atoms. The molecule has 5 heteroatoms. The molecule has 2 N–H and O–H groups in total. The van der Waals surface area contributed by atoms with Gasteiger partial charge in [-0.1, -0.05) is 48.8 Å². The van der Waals surface area contributed by atoms with E-state index in [-0.39, 0.29) is 23.7 Å². The highest BCUT2D eigenvalue weighted by Gasteiger charge is 2.34. The molecule has 3 nitrogen and oxygen atoms in total. The molecule has 1 amide bonds. The van der Waals surface area contributed by atoms with Crippen molar-refractivity contribution in [2.45, 2.75) is 33.2 Å². The molecular formula is C15H24BrClN2O. The van der Waals surface area contributed by atoms with Crippen molar-refractivity contribution in [3.63, 3.8) is 0 Å². The van der Waals surface area contributed by atoms with Gasteiger partial charge < -0.3 is 10.6 Å². The Labute approximate surface area is 136 Å². The number of carbonyl (C=O) groups excluding carboxylic acids is 1. The highest BCUT2D eigenvalue weighted by molar-refractivity contribution is 9.10. The van der Waals surface area contributed by atoms with Crippen molar-refractivity contribution in [1.82, 2.24) is 4.90 Å². The molecule has 0 aliphatic rings. The van der Waals surface area contributed by atoms with Crippen molar-refractivity contribution in [1.29, 1.82) is 0 Å². The van der Waals surface area contributed by atoms with E-state index in [1.54, 1.807) is 18.9 Å². The summed E-state index contributed by atoms with van der Waals surface area (Å²) in [6, 6.07) is 7.56. The smallest absolute Gasteiger partial charge is 0.246 e. The second-order valence-electron chi connectivity index (χ2n) is 6.43. The maximum absolute atomic E-state index is 12.5. The van der Waals surface area contributed by atoms with E-state index >= 15 is 0 Å². The van der Waals surface area contributed by atoms with Gasteiger partial charge in [0.25, 0.3) is 0 Å². The average molecular weight is 364 g/mol. The van der Waals surface area contributed by atoms with Crippen LogP contribution in [-0.4, -0.2) is 24.4 Å². The number of nitrogens with zero attached hydrogens (tertiary/aromatic N) is 1. The monoisotopic (exact) mass is 362 g/mol. The molecular weight excluding hydrogens is 340 g/mol. The van der Waals surface area contributed by atoms with Gasteiger partial charge in [0, 0.05) is 18.1 Å². The highest BCUT2D eigenvalue weighted by Crippen LogP contribution is 2.24. The molecule has 1 aromatic rings. The van der Waals surface area contributed by atoms with Crippen LogP contribution in [0.2, 0.25) is 0 Å². The largest absolute Gasteiger partial charge is 0.343 e. The van der Waals surface area contributed by atoms with Crippen LogP contribution in [0.1, 0.15) is 33.3 Å². The van der Waals surface area contributed by atoms with Crippen molar-refractivity contribution in [2.75, 3.05) is 13.6 Å². The van der Waals surface area contributed by atoms with E-state index in [1.807, 2.05) is 24.3 Å². The van der Waals surface area contributed by atoms with E-state index in [4.69, 9.17) is 5.73 Å². The standard InChI is InChI=1S/C15H23BrN2O.ClH/c1-14(2,3)10-18(5)13(19)15(4,17)11-6-8-12(16)9-7-11;/h6-9H,10,17H2,1-5H3;1H. The van der Waals surface area contributed by atoms with Gasteiger partial charge in [0.1, 0.15) is 5.54 Å². The predicted molar refractivity (Wildman–Crippen MR) is 90.0 cm³/mol. The summed E-state index contributed by atoms with van der Waals surface area (Å²) < 4.78 is 0.975. The molecule has 114 valence electrons. The minimum atomic E-state index is -0.999.